The van der Waals surface area contributed by atoms with Crippen LogP contribution in [0.25, 0.3) is 0 Å². The average Bonchev–Trinajstić information content (AvgIpc) is 2.25. The Morgan fingerprint density at radius 3 is 2.94 bits per heavy atom. The van der Waals surface area contributed by atoms with E-state index in [4.69, 9.17) is 5.26 Å². The Hall–Kier alpha value is -1.89. The van der Waals surface area contributed by atoms with E-state index in [1.807, 2.05) is 6.07 Å². The van der Waals surface area contributed by atoms with Crippen molar-refractivity contribution in [1.29, 1.82) is 5.26 Å². The van der Waals surface area contributed by atoms with Gasteiger partial charge in [-0.1, -0.05) is 0 Å². The van der Waals surface area contributed by atoms with Crippen LogP contribution in [0.4, 0.5) is 0 Å². The molecule has 1 saturated carbocycles. The Morgan fingerprint density at radius 2 is 2.38 bits per heavy atom. The van der Waals surface area contributed by atoms with Crippen LogP contribution in [0.15, 0.2) is 18.5 Å². The van der Waals surface area contributed by atoms with Gasteiger partial charge >= 0.3 is 0 Å². The first kappa shape index (κ1) is 10.6. The summed E-state index contributed by atoms with van der Waals surface area (Å²) in [6, 6.07) is 3.92. The number of carbonyl (C=O) groups is 1. The third-order valence-electron chi connectivity index (χ3n) is 3.11. The molecule has 0 aromatic carbocycles. The van der Waals surface area contributed by atoms with Gasteiger partial charge in [-0.2, -0.15) is 5.26 Å². The van der Waals surface area contributed by atoms with Crippen molar-refractivity contribution in [2.24, 2.45) is 0 Å². The van der Waals surface area contributed by atoms with Gasteiger partial charge in [-0.3, -0.25) is 9.78 Å². The molecule has 0 bridgehead atoms. The predicted octanol–water partition coefficient (Wildman–Crippen LogP) is 1.58. The van der Waals surface area contributed by atoms with Crippen molar-refractivity contribution < 1.29 is 4.79 Å². The number of aromatic nitrogens is 1. The summed E-state index contributed by atoms with van der Waals surface area (Å²) < 4.78 is 0. The van der Waals surface area contributed by atoms with Gasteiger partial charge in [0.05, 0.1) is 11.1 Å². The SMILES string of the molecule is CN(C(=O)c1cnccc1C#N)C1CCC1. The molecule has 0 saturated heterocycles. The standard InChI is InChI=1S/C12H13N3O/c1-15(10-3-2-4-10)12(16)11-8-14-6-5-9(11)7-13/h5-6,8,10H,2-4H2,1H3. The Morgan fingerprint density at radius 1 is 1.62 bits per heavy atom. The topological polar surface area (TPSA) is 57.0 Å². The van der Waals surface area contributed by atoms with Crippen LogP contribution in [-0.2, 0) is 0 Å². The summed E-state index contributed by atoms with van der Waals surface area (Å²) in [5.41, 5.74) is 0.797. The number of nitrogens with zero attached hydrogens (tertiary/aromatic N) is 3. The molecule has 0 N–H and O–H groups in total. The van der Waals surface area contributed by atoms with E-state index in [0.29, 0.717) is 17.2 Å². The largest absolute Gasteiger partial charge is 0.339 e. The van der Waals surface area contributed by atoms with Crippen molar-refractivity contribution in [1.82, 2.24) is 9.88 Å². The quantitative estimate of drug-likeness (QED) is 0.752. The number of rotatable bonds is 2. The second-order valence-corrected chi connectivity index (χ2v) is 4.03. The van der Waals surface area contributed by atoms with Crippen molar-refractivity contribution in [3.63, 3.8) is 0 Å². The summed E-state index contributed by atoms with van der Waals surface area (Å²) in [7, 11) is 1.79. The van der Waals surface area contributed by atoms with E-state index < -0.39 is 0 Å². The fraction of sp³-hybridized carbons (Fsp3) is 0.417. The number of hydrogen-bond acceptors (Lipinski definition) is 3. The summed E-state index contributed by atoms with van der Waals surface area (Å²) in [5, 5.41) is 8.91. The molecule has 0 unspecified atom stereocenters. The van der Waals surface area contributed by atoms with Gasteiger partial charge in [0.1, 0.15) is 6.07 Å². The maximum atomic E-state index is 12.1. The fourth-order valence-electron chi connectivity index (χ4n) is 1.79. The van der Waals surface area contributed by atoms with Crippen LogP contribution in [0.5, 0.6) is 0 Å². The molecule has 1 heterocycles. The number of pyridine rings is 1. The Labute approximate surface area is 94.5 Å². The van der Waals surface area contributed by atoms with Crippen molar-refractivity contribution in [3.05, 3.63) is 29.6 Å². The van der Waals surface area contributed by atoms with Crippen LogP contribution in [0, 0.1) is 11.3 Å². The average molecular weight is 215 g/mol. The molecule has 4 nitrogen and oxygen atoms in total. The molecule has 82 valence electrons. The first-order chi connectivity index (χ1) is 7.74. The fourth-order valence-corrected chi connectivity index (χ4v) is 1.79. The van der Waals surface area contributed by atoms with E-state index in [-0.39, 0.29) is 5.91 Å². The number of hydrogen-bond donors (Lipinski definition) is 0. The highest BCUT2D eigenvalue weighted by molar-refractivity contribution is 5.96. The maximum Gasteiger partial charge on any atom is 0.256 e. The molecule has 1 amide bonds. The van der Waals surface area contributed by atoms with E-state index in [0.717, 1.165) is 12.8 Å². The third-order valence-corrected chi connectivity index (χ3v) is 3.11. The van der Waals surface area contributed by atoms with Crippen LogP contribution in [-0.4, -0.2) is 28.9 Å². The molecule has 16 heavy (non-hydrogen) atoms. The van der Waals surface area contributed by atoms with Gasteiger partial charge in [-0.05, 0) is 25.3 Å². The lowest BCUT2D eigenvalue weighted by molar-refractivity contribution is 0.0651. The van der Waals surface area contributed by atoms with E-state index in [2.05, 4.69) is 4.98 Å². The lowest BCUT2D eigenvalue weighted by Crippen LogP contribution is -2.41. The molecule has 0 spiro atoms. The van der Waals surface area contributed by atoms with Gasteiger partial charge in [0.15, 0.2) is 0 Å². The van der Waals surface area contributed by atoms with E-state index in [1.165, 1.54) is 18.8 Å². The molecule has 2 rings (SSSR count). The second kappa shape index (κ2) is 4.31. The maximum absolute atomic E-state index is 12.1. The molecular weight excluding hydrogens is 202 g/mol. The van der Waals surface area contributed by atoms with Crippen molar-refractivity contribution in [2.75, 3.05) is 7.05 Å². The minimum absolute atomic E-state index is 0.102. The number of amides is 1. The van der Waals surface area contributed by atoms with Crippen molar-refractivity contribution in [2.45, 2.75) is 25.3 Å². The Balaban J connectivity index is 2.23. The lowest BCUT2D eigenvalue weighted by atomic mass is 9.91. The summed E-state index contributed by atoms with van der Waals surface area (Å²) in [6.07, 6.45) is 6.30. The summed E-state index contributed by atoms with van der Waals surface area (Å²) in [4.78, 5) is 17.7. The summed E-state index contributed by atoms with van der Waals surface area (Å²) in [6.45, 7) is 0. The molecule has 1 aliphatic carbocycles. The lowest BCUT2D eigenvalue weighted by Gasteiger charge is -2.34. The molecule has 0 atom stereocenters. The molecule has 1 fully saturated rings. The van der Waals surface area contributed by atoms with Gasteiger partial charge in [-0.15, -0.1) is 0 Å². The van der Waals surface area contributed by atoms with Crippen LogP contribution in [0.2, 0.25) is 0 Å². The molecule has 1 aliphatic rings. The minimum Gasteiger partial charge on any atom is -0.339 e. The molecule has 4 heteroatoms. The van der Waals surface area contributed by atoms with Gasteiger partial charge in [0, 0.05) is 25.5 Å². The van der Waals surface area contributed by atoms with E-state index in [1.54, 1.807) is 18.0 Å². The van der Waals surface area contributed by atoms with Crippen LogP contribution >= 0.6 is 0 Å². The van der Waals surface area contributed by atoms with E-state index in [9.17, 15) is 4.79 Å². The van der Waals surface area contributed by atoms with Crippen molar-refractivity contribution >= 4 is 5.91 Å². The van der Waals surface area contributed by atoms with Gasteiger partial charge < -0.3 is 4.90 Å². The normalized spacial score (nSPS) is 15.0. The molecule has 0 aliphatic heterocycles. The number of nitriles is 1. The number of carbonyl (C=O) groups excluding carboxylic acids is 1. The van der Waals surface area contributed by atoms with Crippen LogP contribution in [0.1, 0.15) is 35.2 Å². The smallest absolute Gasteiger partial charge is 0.256 e. The highest BCUT2D eigenvalue weighted by atomic mass is 16.2. The molecule has 0 radical (unpaired) electrons. The van der Waals surface area contributed by atoms with Crippen LogP contribution in [0.3, 0.4) is 0 Å². The molecule has 1 aromatic rings. The first-order valence-electron chi connectivity index (χ1n) is 5.35. The second-order valence-electron chi connectivity index (χ2n) is 4.03. The minimum atomic E-state index is -0.102. The first-order valence-corrected chi connectivity index (χ1v) is 5.35. The molecular formula is C12H13N3O. The highest BCUT2D eigenvalue weighted by Gasteiger charge is 2.27. The predicted molar refractivity (Wildman–Crippen MR) is 58.7 cm³/mol. The third kappa shape index (κ3) is 1.76. The molecule has 1 aromatic heterocycles. The van der Waals surface area contributed by atoms with E-state index >= 15 is 0 Å². The Bertz CT molecular complexity index is 446. The summed E-state index contributed by atoms with van der Waals surface area (Å²) >= 11 is 0. The zero-order valence-corrected chi connectivity index (χ0v) is 9.18. The van der Waals surface area contributed by atoms with Crippen LogP contribution < -0.4 is 0 Å². The Kier molecular flexibility index (Phi) is 2.86. The van der Waals surface area contributed by atoms with Gasteiger partial charge in [0.2, 0.25) is 0 Å². The zero-order chi connectivity index (χ0) is 11.5. The highest BCUT2D eigenvalue weighted by Crippen LogP contribution is 2.25. The monoisotopic (exact) mass is 215 g/mol. The van der Waals surface area contributed by atoms with Crippen molar-refractivity contribution in [3.8, 4) is 6.07 Å². The van der Waals surface area contributed by atoms with Gasteiger partial charge in [-0.25, -0.2) is 0 Å². The summed E-state index contributed by atoms with van der Waals surface area (Å²) in [5.74, 6) is -0.102. The van der Waals surface area contributed by atoms with Gasteiger partial charge in [0.25, 0.3) is 5.91 Å². The zero-order valence-electron chi connectivity index (χ0n) is 9.18.